The lowest BCUT2D eigenvalue weighted by atomic mass is 9.85. The number of alkyl halides is 3. The molecule has 0 amide bonds. The molecule has 0 unspecified atom stereocenters. The average molecular weight is 681 g/mol. The van der Waals surface area contributed by atoms with Crippen LogP contribution in [-0.4, -0.2) is 0 Å². The fourth-order valence-corrected chi connectivity index (χ4v) is 7.48. The summed E-state index contributed by atoms with van der Waals surface area (Å²) in [7, 11) is 0. The molecule has 7 aromatic rings. The van der Waals surface area contributed by atoms with E-state index in [4.69, 9.17) is 4.42 Å². The number of hydrogen-bond donors (Lipinski definition) is 0. The van der Waals surface area contributed by atoms with Crippen LogP contribution in [0.1, 0.15) is 90.1 Å². The van der Waals surface area contributed by atoms with Gasteiger partial charge in [0.2, 0.25) is 0 Å². The largest absolute Gasteiger partial charge is 0.456 e. The van der Waals surface area contributed by atoms with Crippen LogP contribution in [0.2, 0.25) is 0 Å². The summed E-state index contributed by atoms with van der Waals surface area (Å²) in [5.41, 5.74) is 5.58. The molecule has 256 valence electrons. The third-order valence-electron chi connectivity index (χ3n) is 8.70. The molecule has 49 heavy (non-hydrogen) atoms. The lowest BCUT2D eigenvalue weighted by molar-refractivity contribution is -0.137. The molecular formula is C44H47F3OS. The minimum absolute atomic E-state index is 0.105. The molecule has 0 spiro atoms. The lowest BCUT2D eigenvalue weighted by Crippen LogP contribution is -2.14. The first-order valence-electron chi connectivity index (χ1n) is 16.8. The van der Waals surface area contributed by atoms with E-state index in [1.54, 1.807) is 13.0 Å². The van der Waals surface area contributed by atoms with Crippen LogP contribution in [0.15, 0.2) is 108 Å². The molecule has 0 N–H and O–H groups in total. The van der Waals surface area contributed by atoms with Gasteiger partial charge in [0.25, 0.3) is 0 Å². The maximum atomic E-state index is 12.5. The molecule has 1 nitrogen and oxygen atoms in total. The zero-order chi connectivity index (χ0) is 35.9. The van der Waals surface area contributed by atoms with Crippen molar-refractivity contribution >= 4 is 53.4 Å². The van der Waals surface area contributed by atoms with Crippen molar-refractivity contribution < 1.29 is 17.6 Å². The molecule has 2 heterocycles. The summed E-state index contributed by atoms with van der Waals surface area (Å²) in [4.78, 5) is 0. The second kappa shape index (κ2) is 13.3. The van der Waals surface area contributed by atoms with Gasteiger partial charge in [-0.15, -0.1) is 11.3 Å². The number of furan rings is 1. The number of para-hydroxylation sites is 2. The summed E-state index contributed by atoms with van der Waals surface area (Å²) in [5, 5.41) is 5.21. The van der Waals surface area contributed by atoms with Crippen LogP contribution in [-0.2, 0) is 22.4 Å². The number of benzene rings is 5. The molecule has 0 saturated heterocycles. The van der Waals surface area contributed by atoms with Gasteiger partial charge in [0.15, 0.2) is 0 Å². The summed E-state index contributed by atoms with van der Waals surface area (Å²) in [6, 6.07) is 34.2. The van der Waals surface area contributed by atoms with Crippen LogP contribution in [0.25, 0.3) is 42.1 Å². The van der Waals surface area contributed by atoms with Gasteiger partial charge in [0.1, 0.15) is 11.2 Å². The fourth-order valence-electron chi connectivity index (χ4n) is 6.06. The summed E-state index contributed by atoms with van der Waals surface area (Å²) in [6.07, 6.45) is -4.26. The van der Waals surface area contributed by atoms with Gasteiger partial charge in [0.05, 0.1) is 5.56 Å². The SMILES string of the molecule is CC(C)(C)c1cccc2c1oc1ccccc12.CC(C)(C)c1cccc2c1sc1ccccc12.Cc1cc(C(C)(C)C)cc(C(F)(F)F)c1. The Hall–Kier alpha value is -4.09. The van der Waals surface area contributed by atoms with Crippen LogP contribution >= 0.6 is 11.3 Å². The van der Waals surface area contributed by atoms with E-state index in [9.17, 15) is 13.2 Å². The van der Waals surface area contributed by atoms with Crippen molar-refractivity contribution in [3.63, 3.8) is 0 Å². The predicted molar refractivity (Wildman–Crippen MR) is 205 cm³/mol. The highest BCUT2D eigenvalue weighted by Crippen LogP contribution is 2.40. The van der Waals surface area contributed by atoms with Gasteiger partial charge in [-0.25, -0.2) is 0 Å². The zero-order valence-electron chi connectivity index (χ0n) is 30.3. The molecule has 0 saturated carbocycles. The van der Waals surface area contributed by atoms with Gasteiger partial charge in [-0.3, -0.25) is 0 Å². The highest BCUT2D eigenvalue weighted by molar-refractivity contribution is 7.26. The van der Waals surface area contributed by atoms with Gasteiger partial charge in [-0.1, -0.05) is 147 Å². The molecule has 0 aliphatic heterocycles. The topological polar surface area (TPSA) is 13.1 Å². The summed E-state index contributed by atoms with van der Waals surface area (Å²) in [6.45, 7) is 20.9. The van der Waals surface area contributed by atoms with E-state index in [0.717, 1.165) is 16.7 Å². The van der Waals surface area contributed by atoms with Crippen molar-refractivity contribution in [2.45, 2.75) is 91.7 Å². The molecule has 0 aliphatic rings. The highest BCUT2D eigenvalue weighted by Gasteiger charge is 2.32. The van der Waals surface area contributed by atoms with Crippen molar-refractivity contribution in [1.82, 2.24) is 0 Å². The van der Waals surface area contributed by atoms with Gasteiger partial charge in [-0.2, -0.15) is 13.2 Å². The Kier molecular flexibility index (Phi) is 9.84. The van der Waals surface area contributed by atoms with Crippen molar-refractivity contribution in [2.75, 3.05) is 0 Å². The zero-order valence-corrected chi connectivity index (χ0v) is 31.1. The number of fused-ring (bicyclic) bond motifs is 6. The first kappa shape index (κ1) is 36.2. The van der Waals surface area contributed by atoms with E-state index in [1.807, 2.05) is 44.2 Å². The van der Waals surface area contributed by atoms with Crippen molar-refractivity contribution in [2.24, 2.45) is 0 Å². The Morgan fingerprint density at radius 3 is 1.65 bits per heavy atom. The molecular weight excluding hydrogens is 634 g/mol. The van der Waals surface area contributed by atoms with Gasteiger partial charge < -0.3 is 4.42 Å². The summed E-state index contributed by atoms with van der Waals surface area (Å²) >= 11 is 1.92. The minimum atomic E-state index is -4.26. The van der Waals surface area contributed by atoms with Crippen LogP contribution in [0.3, 0.4) is 0 Å². The third kappa shape index (κ3) is 8.05. The molecule has 0 fully saturated rings. The molecule has 2 aromatic heterocycles. The summed E-state index contributed by atoms with van der Waals surface area (Å²) < 4.78 is 46.5. The molecule has 7 rings (SSSR count). The monoisotopic (exact) mass is 680 g/mol. The van der Waals surface area contributed by atoms with E-state index < -0.39 is 11.7 Å². The van der Waals surface area contributed by atoms with Gasteiger partial charge in [0, 0.05) is 36.5 Å². The first-order chi connectivity index (χ1) is 22.7. The molecule has 0 aliphatic carbocycles. The van der Waals surface area contributed by atoms with Crippen LogP contribution in [0, 0.1) is 6.92 Å². The number of rotatable bonds is 0. The predicted octanol–water partition coefficient (Wildman–Crippen LogP) is 14.5. The van der Waals surface area contributed by atoms with E-state index >= 15 is 0 Å². The smallest absolute Gasteiger partial charge is 0.416 e. The van der Waals surface area contributed by atoms with Gasteiger partial charge >= 0.3 is 6.18 Å². The Morgan fingerprint density at radius 2 is 1.04 bits per heavy atom. The second-order valence-electron chi connectivity index (χ2n) is 15.9. The maximum absolute atomic E-state index is 12.5. The normalized spacial score (nSPS) is 12.6. The Labute approximate surface area is 292 Å². The minimum Gasteiger partial charge on any atom is -0.456 e. The third-order valence-corrected chi connectivity index (χ3v) is 9.92. The molecule has 5 aromatic carbocycles. The first-order valence-corrected chi connectivity index (χ1v) is 17.6. The van der Waals surface area contributed by atoms with Crippen LogP contribution < -0.4 is 0 Å². The maximum Gasteiger partial charge on any atom is 0.416 e. The van der Waals surface area contributed by atoms with E-state index in [0.29, 0.717) is 5.56 Å². The van der Waals surface area contributed by atoms with Crippen molar-refractivity contribution in [3.05, 3.63) is 131 Å². The Balaban J connectivity index is 0.000000144. The molecule has 5 heteroatoms. The fraction of sp³-hybridized carbons (Fsp3) is 0.318. The molecule has 0 radical (unpaired) electrons. The highest BCUT2D eigenvalue weighted by atomic mass is 32.1. The quantitative estimate of drug-likeness (QED) is 0.155. The average Bonchev–Trinajstić information content (AvgIpc) is 3.58. The Morgan fingerprint density at radius 1 is 0.510 bits per heavy atom. The number of hydrogen-bond acceptors (Lipinski definition) is 2. The molecule has 0 bridgehead atoms. The molecule has 0 atom stereocenters. The van der Waals surface area contributed by atoms with Crippen LogP contribution in [0.5, 0.6) is 0 Å². The van der Waals surface area contributed by atoms with E-state index in [2.05, 4.69) is 114 Å². The number of halogens is 3. The van der Waals surface area contributed by atoms with Crippen molar-refractivity contribution in [1.29, 1.82) is 0 Å². The number of aryl methyl sites for hydroxylation is 1. The van der Waals surface area contributed by atoms with E-state index in [-0.39, 0.29) is 16.2 Å². The Bertz CT molecular complexity index is 2070. The van der Waals surface area contributed by atoms with E-state index in [1.165, 1.54) is 54.2 Å². The lowest BCUT2D eigenvalue weighted by Gasteiger charge is -2.21. The standard InChI is InChI=1S/C16H16O.C16H16S.C12H15F3/c2*1-16(2,3)13-9-6-8-12-11-7-4-5-10-14(11)17-15(12)13;1-8-5-9(11(2,3)4)7-10(6-8)12(13,14)15/h2*4-10H,1-3H3;5-7H,1-4H3. The van der Waals surface area contributed by atoms with Crippen molar-refractivity contribution in [3.8, 4) is 0 Å². The second-order valence-corrected chi connectivity index (χ2v) is 16.9. The number of thiophene rings is 1. The summed E-state index contributed by atoms with van der Waals surface area (Å²) in [5.74, 6) is 0. The van der Waals surface area contributed by atoms with Gasteiger partial charge in [-0.05, 0) is 58.6 Å². The van der Waals surface area contributed by atoms with Crippen LogP contribution in [0.4, 0.5) is 13.2 Å².